The Kier molecular flexibility index (Phi) is 8.53. The van der Waals surface area contributed by atoms with Crippen molar-refractivity contribution in [2.45, 2.75) is 19.8 Å². The van der Waals surface area contributed by atoms with E-state index in [2.05, 4.69) is 11.3 Å². The summed E-state index contributed by atoms with van der Waals surface area (Å²) < 4.78 is 4.67. The Labute approximate surface area is 112 Å². The maximum atomic E-state index is 10.3. The maximum Gasteiger partial charge on any atom is 0.339 e. The van der Waals surface area contributed by atoms with Gasteiger partial charge >= 0.3 is 11.9 Å². The second-order valence-electron chi connectivity index (χ2n) is 3.55. The second kappa shape index (κ2) is 9.70. The molecular formula is C14H18O5. The summed E-state index contributed by atoms with van der Waals surface area (Å²) in [5, 5.41) is 17.3. The number of esters is 1. The lowest BCUT2D eigenvalue weighted by Crippen LogP contribution is -2.00. The van der Waals surface area contributed by atoms with Crippen molar-refractivity contribution in [3.8, 4) is 5.75 Å². The molecule has 1 aromatic carbocycles. The summed E-state index contributed by atoms with van der Waals surface area (Å²) in [6.07, 6.45) is 3.15. The Morgan fingerprint density at radius 2 is 2.00 bits per heavy atom. The van der Waals surface area contributed by atoms with Gasteiger partial charge < -0.3 is 14.9 Å². The Morgan fingerprint density at radius 1 is 1.37 bits per heavy atom. The number of rotatable bonds is 5. The van der Waals surface area contributed by atoms with E-state index in [0.29, 0.717) is 6.61 Å². The molecule has 0 amide bonds. The van der Waals surface area contributed by atoms with Gasteiger partial charge in [0, 0.05) is 6.08 Å². The van der Waals surface area contributed by atoms with Crippen LogP contribution in [0.5, 0.6) is 5.75 Å². The van der Waals surface area contributed by atoms with Gasteiger partial charge in [0.1, 0.15) is 11.3 Å². The average molecular weight is 266 g/mol. The van der Waals surface area contributed by atoms with E-state index >= 15 is 0 Å². The molecule has 0 radical (unpaired) electrons. The van der Waals surface area contributed by atoms with Gasteiger partial charge in [0.15, 0.2) is 0 Å². The van der Waals surface area contributed by atoms with Crippen LogP contribution in [-0.4, -0.2) is 28.8 Å². The minimum Gasteiger partial charge on any atom is -0.507 e. The zero-order chi connectivity index (χ0) is 14.7. The van der Waals surface area contributed by atoms with Crippen LogP contribution >= 0.6 is 0 Å². The van der Waals surface area contributed by atoms with Crippen LogP contribution in [0.2, 0.25) is 0 Å². The number of carbonyl (C=O) groups excluding carboxylic acids is 1. The largest absolute Gasteiger partial charge is 0.507 e. The molecule has 0 unspecified atom stereocenters. The highest BCUT2D eigenvalue weighted by molar-refractivity contribution is 5.90. The lowest BCUT2D eigenvalue weighted by atomic mass is 10.2. The zero-order valence-electron chi connectivity index (χ0n) is 10.8. The van der Waals surface area contributed by atoms with E-state index in [0.717, 1.165) is 12.8 Å². The number of carboxylic acids is 1. The number of carbonyl (C=O) groups is 2. The number of para-hydroxylation sites is 1. The summed E-state index contributed by atoms with van der Waals surface area (Å²) in [6, 6.07) is 5.81. The first-order valence-corrected chi connectivity index (χ1v) is 5.83. The smallest absolute Gasteiger partial charge is 0.339 e. The third-order valence-corrected chi connectivity index (χ3v) is 2.04. The van der Waals surface area contributed by atoms with E-state index in [-0.39, 0.29) is 17.3 Å². The molecule has 0 fully saturated rings. The molecule has 1 aromatic rings. The van der Waals surface area contributed by atoms with Gasteiger partial charge in [-0.3, -0.25) is 0 Å². The van der Waals surface area contributed by atoms with E-state index in [1.54, 1.807) is 12.1 Å². The van der Waals surface area contributed by atoms with E-state index < -0.39 is 5.97 Å². The Morgan fingerprint density at radius 3 is 2.42 bits per heavy atom. The fourth-order valence-corrected chi connectivity index (χ4v) is 1.03. The summed E-state index contributed by atoms with van der Waals surface area (Å²) in [5.74, 6) is -1.64. The van der Waals surface area contributed by atoms with Gasteiger partial charge in [0.2, 0.25) is 0 Å². The predicted molar refractivity (Wildman–Crippen MR) is 71.1 cm³/mol. The molecule has 0 saturated carbocycles. The number of hydrogen-bond donors (Lipinski definition) is 2. The van der Waals surface area contributed by atoms with Crippen molar-refractivity contribution < 1.29 is 24.5 Å². The van der Waals surface area contributed by atoms with Crippen LogP contribution in [0, 0.1) is 0 Å². The van der Waals surface area contributed by atoms with Gasteiger partial charge in [-0.05, 0) is 18.6 Å². The molecule has 19 heavy (non-hydrogen) atoms. The van der Waals surface area contributed by atoms with E-state index in [1.807, 2.05) is 6.92 Å². The minimum absolute atomic E-state index is 0.0671. The molecule has 1 rings (SSSR count). The minimum atomic E-state index is -1.11. The lowest BCUT2D eigenvalue weighted by Gasteiger charge is -1.97. The fraction of sp³-hybridized carbons (Fsp3) is 0.286. The third-order valence-electron chi connectivity index (χ3n) is 2.04. The molecule has 104 valence electrons. The van der Waals surface area contributed by atoms with Crippen molar-refractivity contribution >= 4 is 11.9 Å². The Balaban J connectivity index is 0.000000344. The molecular weight excluding hydrogens is 248 g/mol. The van der Waals surface area contributed by atoms with Crippen LogP contribution in [0.1, 0.15) is 30.1 Å². The molecule has 0 aliphatic heterocycles. The third kappa shape index (κ3) is 7.59. The highest BCUT2D eigenvalue weighted by Gasteiger charge is 2.05. The number of hydrogen-bond acceptors (Lipinski definition) is 4. The molecule has 2 N–H and O–H groups in total. The molecule has 0 spiro atoms. The van der Waals surface area contributed by atoms with Crippen LogP contribution in [0.3, 0.4) is 0 Å². The van der Waals surface area contributed by atoms with Gasteiger partial charge in [-0.25, -0.2) is 9.59 Å². The maximum absolute atomic E-state index is 10.3. The number of unbranched alkanes of at least 4 members (excludes halogenated alkanes) is 1. The summed E-state index contributed by atoms with van der Waals surface area (Å²) >= 11 is 0. The SMILES string of the molecule is C=CC(=O)OCCCC.O=C(O)c1ccccc1O. The molecule has 0 aliphatic carbocycles. The van der Waals surface area contributed by atoms with Gasteiger partial charge in [0.25, 0.3) is 0 Å². The first-order valence-electron chi connectivity index (χ1n) is 5.83. The van der Waals surface area contributed by atoms with Crippen LogP contribution in [0.4, 0.5) is 0 Å². The van der Waals surface area contributed by atoms with Crippen molar-refractivity contribution in [3.05, 3.63) is 42.5 Å². The van der Waals surface area contributed by atoms with E-state index in [1.165, 1.54) is 18.2 Å². The molecule has 0 atom stereocenters. The second-order valence-corrected chi connectivity index (χ2v) is 3.55. The summed E-state index contributed by atoms with van der Waals surface area (Å²) in [5.41, 5.74) is -0.0671. The van der Waals surface area contributed by atoms with Gasteiger partial charge in [-0.2, -0.15) is 0 Å². The first-order chi connectivity index (χ1) is 9.02. The molecule has 5 heteroatoms. The topological polar surface area (TPSA) is 83.8 Å². The van der Waals surface area contributed by atoms with Crippen molar-refractivity contribution in [1.82, 2.24) is 0 Å². The monoisotopic (exact) mass is 266 g/mol. The standard InChI is InChI=1S/C7H6O3.C7H12O2/c8-6-4-2-1-3-5(6)7(9)10;1-3-5-6-9-7(8)4-2/h1-4,8H,(H,9,10);4H,2-3,5-6H2,1H3. The number of aromatic hydroxyl groups is 1. The van der Waals surface area contributed by atoms with E-state index in [9.17, 15) is 9.59 Å². The Bertz CT molecular complexity index is 426. The normalized spacial score (nSPS) is 8.89. The van der Waals surface area contributed by atoms with Crippen LogP contribution in [-0.2, 0) is 9.53 Å². The lowest BCUT2D eigenvalue weighted by molar-refractivity contribution is -0.137. The number of phenols is 1. The number of ether oxygens (including phenoxy) is 1. The molecule has 0 heterocycles. The molecule has 0 saturated heterocycles. The van der Waals surface area contributed by atoms with Gasteiger partial charge in [-0.1, -0.05) is 32.1 Å². The fourth-order valence-electron chi connectivity index (χ4n) is 1.03. The number of benzene rings is 1. The van der Waals surface area contributed by atoms with Crippen molar-refractivity contribution in [2.24, 2.45) is 0 Å². The molecule has 5 nitrogen and oxygen atoms in total. The van der Waals surface area contributed by atoms with Gasteiger partial charge in [0.05, 0.1) is 6.61 Å². The highest BCUT2D eigenvalue weighted by Crippen LogP contribution is 2.14. The summed E-state index contributed by atoms with van der Waals surface area (Å²) in [4.78, 5) is 20.6. The Hall–Kier alpha value is -2.30. The quantitative estimate of drug-likeness (QED) is 0.486. The first kappa shape index (κ1) is 16.7. The van der Waals surface area contributed by atoms with Crippen LogP contribution in [0.25, 0.3) is 0 Å². The molecule has 0 aliphatic rings. The van der Waals surface area contributed by atoms with E-state index in [4.69, 9.17) is 10.2 Å². The van der Waals surface area contributed by atoms with Crippen LogP contribution in [0.15, 0.2) is 36.9 Å². The number of aromatic carboxylic acids is 1. The highest BCUT2D eigenvalue weighted by atomic mass is 16.5. The zero-order valence-corrected chi connectivity index (χ0v) is 10.8. The van der Waals surface area contributed by atoms with Crippen molar-refractivity contribution in [3.63, 3.8) is 0 Å². The molecule has 0 bridgehead atoms. The molecule has 0 aromatic heterocycles. The van der Waals surface area contributed by atoms with Crippen molar-refractivity contribution in [1.29, 1.82) is 0 Å². The van der Waals surface area contributed by atoms with Crippen LogP contribution < -0.4 is 0 Å². The number of carboxylic acid groups (broad SMARTS) is 1. The van der Waals surface area contributed by atoms with Crippen molar-refractivity contribution in [2.75, 3.05) is 6.61 Å². The predicted octanol–water partition coefficient (Wildman–Crippen LogP) is 2.61. The van der Waals surface area contributed by atoms with Gasteiger partial charge in [-0.15, -0.1) is 0 Å². The summed E-state index contributed by atoms with van der Waals surface area (Å²) in [7, 11) is 0. The summed E-state index contributed by atoms with van der Waals surface area (Å²) in [6.45, 7) is 5.82. The average Bonchev–Trinajstić information content (AvgIpc) is 2.39.